The van der Waals surface area contributed by atoms with E-state index in [4.69, 9.17) is 5.73 Å². The molecule has 0 heterocycles. The molecule has 0 bridgehead atoms. The van der Waals surface area contributed by atoms with Gasteiger partial charge in [0.25, 0.3) is 0 Å². The van der Waals surface area contributed by atoms with Gasteiger partial charge >= 0.3 is 0 Å². The summed E-state index contributed by atoms with van der Waals surface area (Å²) in [7, 11) is 0. The molecule has 3 rings (SSSR count). The number of rotatable bonds is 13. The number of benzene rings is 2. The SMILES string of the molecule is NC(=O)C(CC1=CCc2ccccc21)NC(=O)CCC(=O)CCCCCc1ccccc1. The van der Waals surface area contributed by atoms with Crippen molar-refractivity contribution in [1.82, 2.24) is 5.32 Å². The number of Topliss-reactive ketones (excluding diaryl/α,β-unsaturated/α-hetero) is 1. The highest BCUT2D eigenvalue weighted by Gasteiger charge is 2.23. The first kappa shape index (κ1) is 23.5. The molecule has 1 unspecified atom stereocenters. The fourth-order valence-corrected chi connectivity index (χ4v) is 4.11. The molecule has 32 heavy (non-hydrogen) atoms. The molecule has 168 valence electrons. The number of allylic oxidation sites excluding steroid dienone is 1. The maximum absolute atomic E-state index is 12.3. The third-order valence-electron chi connectivity index (χ3n) is 5.93. The van der Waals surface area contributed by atoms with Crippen LogP contribution in [0.4, 0.5) is 0 Å². The summed E-state index contributed by atoms with van der Waals surface area (Å²) in [6, 6.07) is 17.6. The molecule has 1 aliphatic rings. The Morgan fingerprint density at radius 3 is 2.41 bits per heavy atom. The number of fused-ring (bicyclic) bond motifs is 1. The topological polar surface area (TPSA) is 89.3 Å². The summed E-state index contributed by atoms with van der Waals surface area (Å²) in [6.45, 7) is 0. The Kier molecular flexibility index (Phi) is 8.79. The van der Waals surface area contributed by atoms with Crippen molar-refractivity contribution in [2.45, 2.75) is 63.8 Å². The number of primary amides is 1. The molecule has 2 aromatic carbocycles. The third kappa shape index (κ3) is 7.19. The average Bonchev–Trinajstić information content (AvgIpc) is 3.20. The molecule has 0 fully saturated rings. The van der Waals surface area contributed by atoms with Crippen LogP contribution >= 0.6 is 0 Å². The molecule has 5 heteroatoms. The van der Waals surface area contributed by atoms with Crippen LogP contribution in [0.3, 0.4) is 0 Å². The number of nitrogens with one attached hydrogen (secondary N) is 1. The van der Waals surface area contributed by atoms with Crippen molar-refractivity contribution >= 4 is 23.2 Å². The highest BCUT2D eigenvalue weighted by atomic mass is 16.2. The first-order valence-corrected chi connectivity index (χ1v) is 11.4. The lowest BCUT2D eigenvalue weighted by atomic mass is 9.99. The fourth-order valence-electron chi connectivity index (χ4n) is 4.11. The smallest absolute Gasteiger partial charge is 0.240 e. The number of carbonyl (C=O) groups is 3. The van der Waals surface area contributed by atoms with Crippen LogP contribution in [0, 0.1) is 0 Å². The Bertz CT molecular complexity index is 966. The van der Waals surface area contributed by atoms with Gasteiger partial charge in [-0.3, -0.25) is 14.4 Å². The van der Waals surface area contributed by atoms with Gasteiger partial charge in [0.15, 0.2) is 0 Å². The molecule has 5 nitrogen and oxygen atoms in total. The number of ketones is 1. The Balaban J connectivity index is 1.34. The zero-order valence-electron chi connectivity index (χ0n) is 18.5. The molecule has 1 aliphatic carbocycles. The normalized spacial score (nSPS) is 13.2. The van der Waals surface area contributed by atoms with E-state index in [1.807, 2.05) is 36.4 Å². The number of unbranched alkanes of at least 4 members (excludes halogenated alkanes) is 2. The van der Waals surface area contributed by atoms with Crippen LogP contribution in [-0.4, -0.2) is 23.6 Å². The predicted molar refractivity (Wildman–Crippen MR) is 127 cm³/mol. The average molecular weight is 433 g/mol. The maximum atomic E-state index is 12.3. The largest absolute Gasteiger partial charge is 0.368 e. The zero-order chi connectivity index (χ0) is 22.8. The van der Waals surface area contributed by atoms with Crippen LogP contribution < -0.4 is 11.1 Å². The van der Waals surface area contributed by atoms with Gasteiger partial charge in [-0.15, -0.1) is 0 Å². The minimum atomic E-state index is -0.770. The van der Waals surface area contributed by atoms with Gasteiger partial charge in [0.2, 0.25) is 11.8 Å². The number of hydrogen-bond donors (Lipinski definition) is 2. The Labute approximate surface area is 190 Å². The van der Waals surface area contributed by atoms with Gasteiger partial charge in [-0.25, -0.2) is 0 Å². The van der Waals surface area contributed by atoms with E-state index in [-0.39, 0.29) is 24.5 Å². The highest BCUT2D eigenvalue weighted by Crippen LogP contribution is 2.30. The second-order valence-corrected chi connectivity index (χ2v) is 8.40. The van der Waals surface area contributed by atoms with Crippen molar-refractivity contribution in [3.8, 4) is 0 Å². The molecule has 0 saturated carbocycles. The lowest BCUT2D eigenvalue weighted by molar-refractivity contribution is -0.128. The number of carbonyl (C=O) groups excluding carboxylic acids is 3. The molecule has 2 aromatic rings. The number of hydrogen-bond acceptors (Lipinski definition) is 3. The van der Waals surface area contributed by atoms with Crippen LogP contribution in [0.15, 0.2) is 60.7 Å². The summed E-state index contributed by atoms with van der Waals surface area (Å²) in [5, 5.41) is 2.72. The number of amides is 2. The molecule has 0 saturated heterocycles. The van der Waals surface area contributed by atoms with Gasteiger partial charge in [-0.05, 0) is 47.9 Å². The second-order valence-electron chi connectivity index (χ2n) is 8.40. The molecule has 0 radical (unpaired) electrons. The molecule has 2 amide bonds. The quantitative estimate of drug-likeness (QED) is 0.466. The fraction of sp³-hybridized carbons (Fsp3) is 0.370. The van der Waals surface area contributed by atoms with Crippen LogP contribution in [0.1, 0.15) is 61.6 Å². The van der Waals surface area contributed by atoms with Crippen LogP contribution in [0.5, 0.6) is 0 Å². The predicted octanol–water partition coefficient (Wildman–Crippen LogP) is 4.14. The van der Waals surface area contributed by atoms with E-state index < -0.39 is 11.9 Å². The second kappa shape index (κ2) is 12.0. The van der Waals surface area contributed by atoms with Crippen molar-refractivity contribution in [2.75, 3.05) is 0 Å². The van der Waals surface area contributed by atoms with E-state index in [9.17, 15) is 14.4 Å². The summed E-state index contributed by atoms with van der Waals surface area (Å²) in [6.07, 6.45) is 7.95. The summed E-state index contributed by atoms with van der Waals surface area (Å²) >= 11 is 0. The number of nitrogens with two attached hydrogens (primary N) is 1. The minimum absolute atomic E-state index is 0.0856. The van der Waals surface area contributed by atoms with Gasteiger partial charge < -0.3 is 11.1 Å². The molecule has 0 aliphatic heterocycles. The first-order valence-electron chi connectivity index (χ1n) is 11.4. The van der Waals surface area contributed by atoms with E-state index in [1.165, 1.54) is 11.1 Å². The lowest BCUT2D eigenvalue weighted by Crippen LogP contribution is -2.44. The lowest BCUT2D eigenvalue weighted by Gasteiger charge is -2.17. The van der Waals surface area contributed by atoms with Crippen molar-refractivity contribution in [2.24, 2.45) is 5.73 Å². The first-order chi connectivity index (χ1) is 15.5. The summed E-state index contributed by atoms with van der Waals surface area (Å²) in [4.78, 5) is 36.4. The Morgan fingerprint density at radius 2 is 1.62 bits per heavy atom. The summed E-state index contributed by atoms with van der Waals surface area (Å²) < 4.78 is 0. The van der Waals surface area contributed by atoms with Gasteiger partial charge in [0.1, 0.15) is 11.8 Å². The van der Waals surface area contributed by atoms with Gasteiger partial charge in [-0.2, -0.15) is 0 Å². The van der Waals surface area contributed by atoms with Crippen molar-refractivity contribution in [1.29, 1.82) is 0 Å². The summed E-state index contributed by atoms with van der Waals surface area (Å²) in [5.41, 5.74) is 10.2. The van der Waals surface area contributed by atoms with Crippen LogP contribution in [0.25, 0.3) is 5.57 Å². The Morgan fingerprint density at radius 1 is 0.875 bits per heavy atom. The molecule has 1 atom stereocenters. The van der Waals surface area contributed by atoms with Crippen molar-refractivity contribution < 1.29 is 14.4 Å². The minimum Gasteiger partial charge on any atom is -0.368 e. The van der Waals surface area contributed by atoms with Crippen molar-refractivity contribution in [3.05, 3.63) is 77.4 Å². The van der Waals surface area contributed by atoms with E-state index in [2.05, 4.69) is 29.6 Å². The molecular formula is C27H32N2O3. The van der Waals surface area contributed by atoms with E-state index >= 15 is 0 Å². The van der Waals surface area contributed by atoms with Gasteiger partial charge in [0.05, 0.1) is 0 Å². The number of aryl methyl sites for hydroxylation is 1. The standard InChI is InChI=1S/C27H32N2O3/c28-27(32)25(19-22-16-15-21-12-7-8-14-24(21)22)29-26(31)18-17-23(30)13-6-2-5-11-20-9-3-1-4-10-20/h1,3-4,7-10,12,14,16,25H,2,5-6,11,13,15,17-19H2,(H2,28,32)(H,29,31). The molecule has 0 aromatic heterocycles. The zero-order valence-corrected chi connectivity index (χ0v) is 18.5. The monoisotopic (exact) mass is 432 g/mol. The summed E-state index contributed by atoms with van der Waals surface area (Å²) in [5.74, 6) is -0.783. The van der Waals surface area contributed by atoms with Crippen molar-refractivity contribution in [3.63, 3.8) is 0 Å². The maximum Gasteiger partial charge on any atom is 0.240 e. The van der Waals surface area contributed by atoms with Gasteiger partial charge in [-0.1, -0.05) is 67.1 Å². The molecular weight excluding hydrogens is 400 g/mol. The van der Waals surface area contributed by atoms with Gasteiger partial charge in [0, 0.05) is 25.7 Å². The van der Waals surface area contributed by atoms with Crippen LogP contribution in [-0.2, 0) is 27.2 Å². The van der Waals surface area contributed by atoms with E-state index in [0.717, 1.165) is 43.2 Å². The Hall–Kier alpha value is -3.21. The van der Waals surface area contributed by atoms with E-state index in [0.29, 0.717) is 12.8 Å². The van der Waals surface area contributed by atoms with Crippen LogP contribution in [0.2, 0.25) is 0 Å². The molecule has 3 N–H and O–H groups in total. The highest BCUT2D eigenvalue weighted by molar-refractivity contribution is 5.90. The molecule has 0 spiro atoms. The van der Waals surface area contributed by atoms with E-state index in [1.54, 1.807) is 0 Å². The third-order valence-corrected chi connectivity index (χ3v) is 5.93.